The minimum atomic E-state index is -3.35. The molecular formula is C16H25N2O6P. The van der Waals surface area contributed by atoms with Gasteiger partial charge in [0.1, 0.15) is 11.8 Å². The number of ether oxygens (including phenoxy) is 1. The third-order valence-electron chi connectivity index (χ3n) is 3.72. The third kappa shape index (κ3) is 7.23. The number of hydrogen-bond acceptors (Lipinski definition) is 6. The molecule has 2 atom stereocenters. The van der Waals surface area contributed by atoms with E-state index in [9.17, 15) is 19.5 Å². The number of hydrogen-bond donors (Lipinski definition) is 1. The highest BCUT2D eigenvalue weighted by Crippen LogP contribution is 2.39. The van der Waals surface area contributed by atoms with E-state index >= 15 is 0 Å². The van der Waals surface area contributed by atoms with E-state index in [1.165, 1.54) is 30.9 Å². The average Bonchev–Trinajstić information content (AvgIpc) is 2.55. The predicted octanol–water partition coefficient (Wildman–Crippen LogP) is 3.75. The van der Waals surface area contributed by atoms with Crippen LogP contribution in [-0.4, -0.2) is 30.2 Å². The van der Waals surface area contributed by atoms with E-state index in [4.69, 9.17) is 9.26 Å². The molecule has 1 aromatic carbocycles. The second-order valence-corrected chi connectivity index (χ2v) is 7.98. The number of nitrogens with zero attached hydrogens (tertiary/aromatic N) is 1. The lowest BCUT2D eigenvalue weighted by Gasteiger charge is -2.21. The molecule has 9 heteroatoms. The first-order valence-electron chi connectivity index (χ1n) is 8.14. The van der Waals surface area contributed by atoms with Crippen molar-refractivity contribution < 1.29 is 23.5 Å². The molecule has 0 amide bonds. The van der Waals surface area contributed by atoms with Gasteiger partial charge in [-0.1, -0.05) is 26.7 Å². The Balaban J connectivity index is 2.59. The molecule has 0 aliphatic rings. The molecule has 8 nitrogen and oxygen atoms in total. The first-order chi connectivity index (χ1) is 11.7. The van der Waals surface area contributed by atoms with Crippen LogP contribution >= 0.6 is 7.52 Å². The highest BCUT2D eigenvalue weighted by atomic mass is 31.2. The van der Waals surface area contributed by atoms with Crippen molar-refractivity contribution in [2.45, 2.75) is 39.7 Å². The van der Waals surface area contributed by atoms with Gasteiger partial charge in [0.05, 0.1) is 11.5 Å². The molecule has 1 N–H and O–H groups in total. The molecular weight excluding hydrogens is 347 g/mol. The summed E-state index contributed by atoms with van der Waals surface area (Å²) < 4.78 is 23.1. The molecule has 0 saturated carbocycles. The van der Waals surface area contributed by atoms with Crippen LogP contribution in [0.4, 0.5) is 5.69 Å². The number of benzene rings is 1. The summed E-state index contributed by atoms with van der Waals surface area (Å²) in [6.07, 6.45) is 1.84. The largest absolute Gasteiger partial charge is 0.464 e. The Kier molecular flexibility index (Phi) is 8.06. The minimum absolute atomic E-state index is 0.0930. The summed E-state index contributed by atoms with van der Waals surface area (Å²) in [6.45, 7) is 7.27. The lowest BCUT2D eigenvalue weighted by Crippen LogP contribution is -2.35. The summed E-state index contributed by atoms with van der Waals surface area (Å²) in [5.41, 5.74) is -0.0930. The van der Waals surface area contributed by atoms with E-state index in [2.05, 4.69) is 5.09 Å². The van der Waals surface area contributed by atoms with Crippen LogP contribution in [0.25, 0.3) is 0 Å². The Morgan fingerprint density at radius 3 is 2.32 bits per heavy atom. The number of non-ortho nitro benzene ring substituents is 1. The van der Waals surface area contributed by atoms with Crippen LogP contribution in [0.15, 0.2) is 24.3 Å². The summed E-state index contributed by atoms with van der Waals surface area (Å²) in [4.78, 5) is 22.1. The van der Waals surface area contributed by atoms with E-state index in [0.29, 0.717) is 12.5 Å². The van der Waals surface area contributed by atoms with Gasteiger partial charge in [-0.2, -0.15) is 0 Å². The Labute approximate surface area is 147 Å². The Morgan fingerprint density at radius 2 is 1.84 bits per heavy atom. The minimum Gasteiger partial charge on any atom is -0.464 e. The van der Waals surface area contributed by atoms with Gasteiger partial charge in [0.15, 0.2) is 0 Å². The molecule has 140 valence electrons. The van der Waals surface area contributed by atoms with Gasteiger partial charge in [-0.05, 0) is 25.0 Å². The second-order valence-electron chi connectivity index (χ2n) is 5.85. The summed E-state index contributed by atoms with van der Waals surface area (Å²) in [6, 6.07) is 4.41. The summed E-state index contributed by atoms with van der Waals surface area (Å²) in [7, 11) is -3.35. The standard InChI is InChI=1S/C16H25N2O6P/c1-5-13(6-2)11-23-16(19)12(3)17-25(4,22)24-15-9-7-14(8-10-15)18(20)21/h7-10,12-13H,5-6,11H2,1-4H3,(H,17,22)/t12-,25?/m1/s1. The molecule has 1 rings (SSSR count). The first kappa shape index (κ1) is 21.1. The van der Waals surface area contributed by atoms with Gasteiger partial charge in [-0.15, -0.1) is 0 Å². The average molecular weight is 372 g/mol. The van der Waals surface area contributed by atoms with Crippen molar-refractivity contribution in [3.63, 3.8) is 0 Å². The van der Waals surface area contributed by atoms with Crippen LogP contribution in [-0.2, 0) is 14.1 Å². The van der Waals surface area contributed by atoms with E-state index in [1.54, 1.807) is 6.92 Å². The SMILES string of the molecule is CCC(CC)COC(=O)[C@@H](C)NP(C)(=O)Oc1ccc([N+](=O)[O-])cc1. The zero-order valence-corrected chi connectivity index (χ0v) is 15.8. The van der Waals surface area contributed by atoms with Crippen molar-refractivity contribution in [2.24, 2.45) is 5.92 Å². The monoisotopic (exact) mass is 372 g/mol. The Bertz CT molecular complexity index is 630. The quantitative estimate of drug-likeness (QED) is 0.288. The van der Waals surface area contributed by atoms with Crippen molar-refractivity contribution >= 4 is 19.2 Å². The number of nitrogens with one attached hydrogen (secondary N) is 1. The number of carbonyl (C=O) groups is 1. The fourth-order valence-corrected chi connectivity index (χ4v) is 3.50. The zero-order valence-electron chi connectivity index (χ0n) is 14.9. The molecule has 1 unspecified atom stereocenters. The fourth-order valence-electron chi connectivity index (χ4n) is 2.11. The van der Waals surface area contributed by atoms with E-state index < -0.39 is 24.5 Å². The van der Waals surface area contributed by atoms with Gasteiger partial charge < -0.3 is 9.26 Å². The van der Waals surface area contributed by atoms with Crippen molar-refractivity contribution in [3.05, 3.63) is 34.4 Å². The van der Waals surface area contributed by atoms with Crippen LogP contribution in [0.5, 0.6) is 5.75 Å². The van der Waals surface area contributed by atoms with Gasteiger partial charge in [0.2, 0.25) is 0 Å². The predicted molar refractivity (Wildman–Crippen MR) is 94.9 cm³/mol. The van der Waals surface area contributed by atoms with Crippen LogP contribution in [0.3, 0.4) is 0 Å². The molecule has 0 bridgehead atoms. The molecule has 0 aromatic heterocycles. The summed E-state index contributed by atoms with van der Waals surface area (Å²) >= 11 is 0. The molecule has 0 heterocycles. The van der Waals surface area contributed by atoms with Crippen molar-refractivity contribution in [1.82, 2.24) is 5.09 Å². The number of nitro groups is 1. The molecule has 0 aliphatic carbocycles. The second kappa shape index (κ2) is 9.53. The van der Waals surface area contributed by atoms with Crippen LogP contribution in [0.2, 0.25) is 0 Å². The number of esters is 1. The number of rotatable bonds is 10. The van der Waals surface area contributed by atoms with Crippen molar-refractivity contribution in [1.29, 1.82) is 0 Å². The van der Waals surface area contributed by atoms with Gasteiger partial charge >= 0.3 is 13.5 Å². The number of carbonyl (C=O) groups excluding carboxylic acids is 1. The lowest BCUT2D eigenvalue weighted by atomic mass is 10.1. The van der Waals surface area contributed by atoms with E-state index in [1.807, 2.05) is 13.8 Å². The highest BCUT2D eigenvalue weighted by molar-refractivity contribution is 7.56. The molecule has 0 fully saturated rings. The van der Waals surface area contributed by atoms with Crippen LogP contribution in [0, 0.1) is 16.0 Å². The molecule has 0 radical (unpaired) electrons. The maximum absolute atomic E-state index is 12.5. The van der Waals surface area contributed by atoms with Gasteiger partial charge in [0, 0.05) is 18.8 Å². The Hall–Kier alpha value is -1.92. The maximum atomic E-state index is 12.5. The zero-order chi connectivity index (χ0) is 19.0. The van der Waals surface area contributed by atoms with Gasteiger partial charge in [-0.3, -0.25) is 19.5 Å². The molecule has 0 saturated heterocycles. The van der Waals surface area contributed by atoms with Crippen LogP contribution < -0.4 is 9.61 Å². The van der Waals surface area contributed by atoms with E-state index in [-0.39, 0.29) is 11.4 Å². The molecule has 0 aliphatic heterocycles. The number of nitro benzene ring substituents is 1. The normalized spacial score (nSPS) is 14.6. The topological polar surface area (TPSA) is 108 Å². The smallest absolute Gasteiger partial charge is 0.323 e. The summed E-state index contributed by atoms with van der Waals surface area (Å²) in [5, 5.41) is 13.2. The summed E-state index contributed by atoms with van der Waals surface area (Å²) in [5.74, 6) is 0.0174. The van der Waals surface area contributed by atoms with Crippen molar-refractivity contribution in [2.75, 3.05) is 13.3 Å². The molecule has 1 aromatic rings. The van der Waals surface area contributed by atoms with Gasteiger partial charge in [-0.25, -0.2) is 5.09 Å². The first-order valence-corrected chi connectivity index (χ1v) is 10.2. The maximum Gasteiger partial charge on any atom is 0.323 e. The van der Waals surface area contributed by atoms with Crippen LogP contribution in [0.1, 0.15) is 33.6 Å². The lowest BCUT2D eigenvalue weighted by molar-refractivity contribution is -0.384. The molecule has 25 heavy (non-hydrogen) atoms. The van der Waals surface area contributed by atoms with E-state index in [0.717, 1.165) is 12.8 Å². The Morgan fingerprint density at radius 1 is 1.28 bits per heavy atom. The molecule has 0 spiro atoms. The van der Waals surface area contributed by atoms with Crippen molar-refractivity contribution in [3.8, 4) is 5.75 Å². The highest BCUT2D eigenvalue weighted by Gasteiger charge is 2.26. The fraction of sp³-hybridized carbons (Fsp3) is 0.562. The van der Waals surface area contributed by atoms with Gasteiger partial charge in [0.25, 0.3) is 5.69 Å². The third-order valence-corrected chi connectivity index (χ3v) is 5.14.